The number of rotatable bonds is 6. The van der Waals surface area contributed by atoms with Gasteiger partial charge in [0, 0.05) is 60.5 Å². The van der Waals surface area contributed by atoms with Crippen molar-refractivity contribution in [3.63, 3.8) is 0 Å². The van der Waals surface area contributed by atoms with Gasteiger partial charge in [-0.1, -0.05) is 120 Å². The van der Waals surface area contributed by atoms with Crippen molar-refractivity contribution in [3.05, 3.63) is 181 Å². The zero-order valence-electron chi connectivity index (χ0n) is 36.0. The van der Waals surface area contributed by atoms with Gasteiger partial charge in [-0.05, 0) is 100 Å². The Morgan fingerprint density at radius 2 is 1.18 bits per heavy atom. The molecule has 6 heteroatoms. The summed E-state index contributed by atoms with van der Waals surface area (Å²) in [5, 5.41) is 4.98. The molecule has 0 bridgehead atoms. The van der Waals surface area contributed by atoms with Crippen molar-refractivity contribution in [2.24, 2.45) is 0 Å². The van der Waals surface area contributed by atoms with Crippen LogP contribution in [0.1, 0.15) is 52.7 Å². The molecule has 0 saturated heterocycles. The predicted octanol–water partition coefficient (Wildman–Crippen LogP) is 15.8. The smallest absolute Gasteiger partial charge is 0.137 e. The van der Waals surface area contributed by atoms with Gasteiger partial charge in [0.2, 0.25) is 0 Å². The second-order valence-electron chi connectivity index (χ2n) is 18.5. The third-order valence-electron chi connectivity index (χ3n) is 12.4. The highest BCUT2D eigenvalue weighted by Gasteiger charge is 2.31. The van der Waals surface area contributed by atoms with Crippen LogP contribution in [0.25, 0.3) is 58.9 Å². The highest BCUT2D eigenvalue weighted by atomic mass is 32.1. The molecule has 5 nitrogen and oxygen atoms in total. The summed E-state index contributed by atoms with van der Waals surface area (Å²) in [7, 11) is 0. The van der Waals surface area contributed by atoms with E-state index in [9.17, 15) is 0 Å². The molecule has 0 atom stereocenters. The lowest BCUT2D eigenvalue weighted by Gasteiger charge is -2.28. The maximum Gasteiger partial charge on any atom is 0.137 e. The van der Waals surface area contributed by atoms with E-state index in [1.54, 1.807) is 0 Å². The van der Waals surface area contributed by atoms with Crippen LogP contribution < -0.4 is 14.5 Å². The molecule has 4 heterocycles. The number of hydrogen-bond donors (Lipinski definition) is 0. The van der Waals surface area contributed by atoms with Gasteiger partial charge in [0.1, 0.15) is 24.0 Å². The van der Waals surface area contributed by atoms with Crippen LogP contribution in [0.5, 0.6) is 11.5 Å². The van der Waals surface area contributed by atoms with Crippen molar-refractivity contribution in [2.45, 2.75) is 52.4 Å². The Hall–Kier alpha value is -6.89. The van der Waals surface area contributed by atoms with E-state index in [2.05, 4.69) is 214 Å². The Morgan fingerprint density at radius 3 is 2.00 bits per heavy atom. The van der Waals surface area contributed by atoms with Crippen molar-refractivity contribution in [1.82, 2.24) is 9.55 Å². The second-order valence-corrected chi connectivity index (χ2v) is 19.6. The summed E-state index contributed by atoms with van der Waals surface area (Å²) in [6, 6.07) is 59.3. The van der Waals surface area contributed by atoms with Crippen LogP contribution in [0, 0.1) is 0 Å². The zero-order valence-corrected chi connectivity index (χ0v) is 36.8. The molecule has 0 aliphatic carbocycles. The van der Waals surface area contributed by atoms with Crippen molar-refractivity contribution in [2.75, 3.05) is 16.5 Å². The van der Waals surface area contributed by atoms with E-state index in [-0.39, 0.29) is 10.8 Å². The van der Waals surface area contributed by atoms with Crippen LogP contribution in [0.3, 0.4) is 0 Å². The molecule has 62 heavy (non-hydrogen) atoms. The van der Waals surface area contributed by atoms with Gasteiger partial charge in [0.25, 0.3) is 0 Å². The fraction of sp³-hybridized carbons (Fsp3) is 0.161. The van der Waals surface area contributed by atoms with Crippen molar-refractivity contribution >= 4 is 76.1 Å². The molecule has 0 fully saturated rings. The molecule has 11 rings (SSSR count). The third kappa shape index (κ3) is 6.40. The van der Waals surface area contributed by atoms with E-state index < -0.39 is 0 Å². The van der Waals surface area contributed by atoms with E-state index in [0.717, 1.165) is 45.1 Å². The van der Waals surface area contributed by atoms with E-state index in [1.165, 1.54) is 59.2 Å². The number of pyridine rings is 1. The molecule has 1 aliphatic rings. The molecule has 0 spiro atoms. The number of nitrogens with zero attached hydrogens (tertiary/aromatic N) is 4. The normalized spacial score (nSPS) is 13.2. The van der Waals surface area contributed by atoms with Gasteiger partial charge >= 0.3 is 0 Å². The van der Waals surface area contributed by atoms with Gasteiger partial charge in [-0.25, -0.2) is 4.98 Å². The molecule has 7 aromatic carbocycles. The average Bonchev–Trinajstić information content (AvgIpc) is 3.96. The summed E-state index contributed by atoms with van der Waals surface area (Å²) < 4.78 is 11.7. The molecule has 0 unspecified atom stereocenters. The fourth-order valence-electron chi connectivity index (χ4n) is 9.21. The molecule has 0 N–H and O–H groups in total. The summed E-state index contributed by atoms with van der Waals surface area (Å²) in [6.45, 7) is 14.3. The number of fused-ring (bicyclic) bond motifs is 7. The monoisotopic (exact) mass is 824 g/mol. The fourth-order valence-corrected chi connectivity index (χ4v) is 10.3. The maximum atomic E-state index is 6.78. The number of aromatic nitrogens is 2. The molecule has 3 aromatic heterocycles. The summed E-state index contributed by atoms with van der Waals surface area (Å²) in [6.07, 6.45) is 1.92. The van der Waals surface area contributed by atoms with Crippen LogP contribution in [0.15, 0.2) is 170 Å². The predicted molar refractivity (Wildman–Crippen MR) is 263 cm³/mol. The standard InChI is InChI=1S/C56H48N4OS/c1-55(2,3)36-25-27-43(44-19-14-24-52-54(44)45-18-8-12-23-51(45)62-52)49(31-36)59-35-58(47-21-10-11-22-48(47)59)38-15-13-16-39(33-38)61-40-26-28-42-41-17-7-9-20-46(41)60(50(42)34-40)53-32-37(29-30-57-53)56(4,5)6/h7-34H,35H2,1-6H3. The first kappa shape index (κ1) is 38.1. The first-order valence-corrected chi connectivity index (χ1v) is 22.3. The minimum atomic E-state index is -0.0245. The SMILES string of the molecule is CC(C)(C)c1ccnc(-n2c3ccccc3c3ccc(Oc4cccc(N5CN(c6cc(C(C)(C)C)ccc6-c6cccc7sc8ccccc8c67)c6ccccc65)c4)cc32)c1. The quantitative estimate of drug-likeness (QED) is 0.167. The summed E-state index contributed by atoms with van der Waals surface area (Å²) in [5.41, 5.74) is 11.8. The topological polar surface area (TPSA) is 33.5 Å². The van der Waals surface area contributed by atoms with Crippen LogP contribution in [-0.4, -0.2) is 16.2 Å². The van der Waals surface area contributed by atoms with Gasteiger partial charge in [-0.15, -0.1) is 11.3 Å². The van der Waals surface area contributed by atoms with Crippen LogP contribution in [0.4, 0.5) is 22.7 Å². The maximum absolute atomic E-state index is 6.78. The molecular weight excluding hydrogens is 777 g/mol. The van der Waals surface area contributed by atoms with Crippen molar-refractivity contribution < 1.29 is 4.74 Å². The number of hydrogen-bond acceptors (Lipinski definition) is 5. The number of ether oxygens (including phenoxy) is 1. The third-order valence-corrected chi connectivity index (χ3v) is 13.6. The van der Waals surface area contributed by atoms with E-state index >= 15 is 0 Å². The van der Waals surface area contributed by atoms with Gasteiger partial charge < -0.3 is 14.5 Å². The number of para-hydroxylation sites is 3. The number of thiophene rings is 1. The molecule has 304 valence electrons. The van der Waals surface area contributed by atoms with E-state index in [1.807, 2.05) is 23.6 Å². The summed E-state index contributed by atoms with van der Waals surface area (Å²) >= 11 is 1.87. The van der Waals surface area contributed by atoms with Gasteiger partial charge in [-0.3, -0.25) is 4.57 Å². The van der Waals surface area contributed by atoms with E-state index in [0.29, 0.717) is 6.67 Å². The molecule has 1 aliphatic heterocycles. The average molecular weight is 825 g/mol. The van der Waals surface area contributed by atoms with Crippen molar-refractivity contribution in [1.29, 1.82) is 0 Å². The van der Waals surface area contributed by atoms with Crippen LogP contribution >= 0.6 is 11.3 Å². The first-order valence-electron chi connectivity index (χ1n) is 21.5. The zero-order chi connectivity index (χ0) is 42.3. The van der Waals surface area contributed by atoms with Crippen molar-refractivity contribution in [3.8, 4) is 28.4 Å². The Morgan fingerprint density at radius 1 is 0.500 bits per heavy atom. The summed E-state index contributed by atoms with van der Waals surface area (Å²) in [4.78, 5) is 9.79. The Kier molecular flexibility index (Phi) is 8.81. The lowest BCUT2D eigenvalue weighted by atomic mass is 9.85. The van der Waals surface area contributed by atoms with Gasteiger partial charge in [-0.2, -0.15) is 0 Å². The Labute approximate surface area is 367 Å². The minimum absolute atomic E-state index is 0.00453. The Bertz CT molecular complexity index is 3360. The molecule has 0 saturated carbocycles. The highest BCUT2D eigenvalue weighted by molar-refractivity contribution is 7.25. The molecule has 0 amide bonds. The van der Waals surface area contributed by atoms with Gasteiger partial charge in [0.05, 0.1) is 28.1 Å². The summed E-state index contributed by atoms with van der Waals surface area (Å²) in [5.74, 6) is 2.45. The molecular formula is C56H48N4OS. The first-order chi connectivity index (χ1) is 30.0. The Balaban J connectivity index is 0.981. The lowest BCUT2D eigenvalue weighted by molar-refractivity contribution is 0.483. The largest absolute Gasteiger partial charge is 0.457 e. The highest BCUT2D eigenvalue weighted by Crippen LogP contribution is 2.50. The van der Waals surface area contributed by atoms with E-state index in [4.69, 9.17) is 9.72 Å². The number of benzene rings is 7. The number of anilines is 4. The van der Waals surface area contributed by atoms with Crippen LogP contribution in [-0.2, 0) is 10.8 Å². The van der Waals surface area contributed by atoms with Crippen LogP contribution in [0.2, 0.25) is 0 Å². The lowest BCUT2D eigenvalue weighted by Crippen LogP contribution is -2.25. The van der Waals surface area contributed by atoms with Gasteiger partial charge in [0.15, 0.2) is 0 Å². The second kappa shape index (κ2) is 14.4. The molecule has 0 radical (unpaired) electrons. The minimum Gasteiger partial charge on any atom is -0.457 e. The molecule has 10 aromatic rings.